The van der Waals surface area contributed by atoms with Gasteiger partial charge in [0.15, 0.2) is 0 Å². The molecule has 0 fully saturated rings. The zero-order valence-electron chi connectivity index (χ0n) is 11.2. The second-order valence-electron chi connectivity index (χ2n) is 4.65. The van der Waals surface area contributed by atoms with Crippen LogP contribution in [0.1, 0.15) is 26.2 Å². The molecule has 5 nitrogen and oxygen atoms in total. The predicted molar refractivity (Wildman–Crippen MR) is 72.2 cm³/mol. The molecule has 1 unspecified atom stereocenters. The number of hydrogen-bond acceptors (Lipinski definition) is 3. The smallest absolute Gasteiger partial charge is 0.303 e. The van der Waals surface area contributed by atoms with Gasteiger partial charge in [-0.05, 0) is 30.9 Å². The Kier molecular flexibility index (Phi) is 6.09. The molecule has 0 aliphatic carbocycles. The molecule has 0 heterocycles. The first kappa shape index (κ1) is 16.6. The van der Waals surface area contributed by atoms with E-state index in [-0.39, 0.29) is 23.8 Å². The van der Waals surface area contributed by atoms with Gasteiger partial charge < -0.3 is 5.11 Å². The molecule has 112 valence electrons. The van der Waals surface area contributed by atoms with Crippen molar-refractivity contribution >= 4 is 16.0 Å². The number of benzene rings is 1. The van der Waals surface area contributed by atoms with Gasteiger partial charge in [-0.3, -0.25) is 4.79 Å². The molecule has 0 aliphatic rings. The summed E-state index contributed by atoms with van der Waals surface area (Å²) >= 11 is 0. The van der Waals surface area contributed by atoms with E-state index in [1.807, 2.05) is 6.92 Å². The Balaban J connectivity index is 2.49. The summed E-state index contributed by atoms with van der Waals surface area (Å²) in [5.74, 6) is -1.59. The van der Waals surface area contributed by atoms with Gasteiger partial charge in [0.25, 0.3) is 0 Å². The molecule has 2 N–H and O–H groups in total. The molecule has 1 rings (SSSR count). The molecule has 0 saturated heterocycles. The van der Waals surface area contributed by atoms with E-state index >= 15 is 0 Å². The molecule has 0 bridgehead atoms. The number of nitrogens with one attached hydrogen (secondary N) is 1. The normalized spacial score (nSPS) is 13.1. The van der Waals surface area contributed by atoms with Crippen molar-refractivity contribution < 1.29 is 22.7 Å². The van der Waals surface area contributed by atoms with Crippen LogP contribution in [-0.4, -0.2) is 26.0 Å². The van der Waals surface area contributed by atoms with Crippen molar-refractivity contribution in [3.63, 3.8) is 0 Å². The Hall–Kier alpha value is -1.47. The monoisotopic (exact) mass is 303 g/mol. The van der Waals surface area contributed by atoms with Crippen LogP contribution in [0.15, 0.2) is 29.2 Å². The molecule has 7 heteroatoms. The minimum atomic E-state index is -3.86. The number of carboxylic acid groups (broad SMARTS) is 1. The quantitative estimate of drug-likeness (QED) is 0.769. The van der Waals surface area contributed by atoms with Crippen molar-refractivity contribution in [3.05, 3.63) is 30.1 Å². The SMILES string of the molecule is CC(CCNS(=O)(=O)c1ccccc1F)CCC(=O)O. The van der Waals surface area contributed by atoms with Gasteiger partial charge in [0.2, 0.25) is 10.0 Å². The van der Waals surface area contributed by atoms with Gasteiger partial charge in [-0.15, -0.1) is 0 Å². The third kappa shape index (κ3) is 5.26. The highest BCUT2D eigenvalue weighted by atomic mass is 32.2. The number of halogens is 1. The van der Waals surface area contributed by atoms with Gasteiger partial charge in [-0.2, -0.15) is 0 Å². The number of hydrogen-bond donors (Lipinski definition) is 2. The van der Waals surface area contributed by atoms with Crippen molar-refractivity contribution in [3.8, 4) is 0 Å². The third-order valence-electron chi connectivity index (χ3n) is 2.91. The van der Waals surface area contributed by atoms with Crippen LogP contribution in [0.4, 0.5) is 4.39 Å². The molecular formula is C13H18FNO4S. The van der Waals surface area contributed by atoms with Crippen molar-refractivity contribution in [2.75, 3.05) is 6.54 Å². The maximum atomic E-state index is 13.4. The summed E-state index contributed by atoms with van der Waals surface area (Å²) in [5.41, 5.74) is 0. The minimum Gasteiger partial charge on any atom is -0.481 e. The Morgan fingerprint density at radius 2 is 2.00 bits per heavy atom. The first-order valence-corrected chi connectivity index (χ1v) is 7.77. The molecular weight excluding hydrogens is 285 g/mol. The van der Waals surface area contributed by atoms with Gasteiger partial charge in [-0.1, -0.05) is 19.1 Å². The maximum absolute atomic E-state index is 13.4. The van der Waals surface area contributed by atoms with E-state index < -0.39 is 21.8 Å². The van der Waals surface area contributed by atoms with Crippen LogP contribution in [0.2, 0.25) is 0 Å². The molecule has 0 aliphatic heterocycles. The van der Waals surface area contributed by atoms with E-state index in [4.69, 9.17) is 5.11 Å². The van der Waals surface area contributed by atoms with Crippen molar-refractivity contribution in [1.82, 2.24) is 4.72 Å². The summed E-state index contributed by atoms with van der Waals surface area (Å²) in [6.45, 7) is 2.00. The summed E-state index contributed by atoms with van der Waals surface area (Å²) in [4.78, 5) is 10.0. The van der Waals surface area contributed by atoms with Crippen LogP contribution in [0.5, 0.6) is 0 Å². The van der Waals surface area contributed by atoms with Crippen LogP contribution in [-0.2, 0) is 14.8 Å². The van der Waals surface area contributed by atoms with Gasteiger partial charge >= 0.3 is 5.97 Å². The second kappa shape index (κ2) is 7.35. The molecule has 0 saturated carbocycles. The summed E-state index contributed by atoms with van der Waals surface area (Å²) in [5, 5.41) is 8.54. The summed E-state index contributed by atoms with van der Waals surface area (Å²) < 4.78 is 39.4. The molecule has 1 atom stereocenters. The van der Waals surface area contributed by atoms with Gasteiger partial charge in [0, 0.05) is 13.0 Å². The number of aliphatic carboxylic acids is 1. The fourth-order valence-electron chi connectivity index (χ4n) is 1.69. The summed E-state index contributed by atoms with van der Waals surface area (Å²) in [6.07, 6.45) is 1.04. The van der Waals surface area contributed by atoms with E-state index in [1.54, 1.807) is 0 Å². The topological polar surface area (TPSA) is 83.5 Å². The largest absolute Gasteiger partial charge is 0.481 e. The fraction of sp³-hybridized carbons (Fsp3) is 0.462. The molecule has 1 aromatic rings. The van der Waals surface area contributed by atoms with Crippen LogP contribution in [0.3, 0.4) is 0 Å². The van der Waals surface area contributed by atoms with E-state index in [2.05, 4.69) is 4.72 Å². The van der Waals surface area contributed by atoms with Crippen LogP contribution in [0.25, 0.3) is 0 Å². The molecule has 1 aromatic carbocycles. The first-order chi connectivity index (χ1) is 9.33. The highest BCUT2D eigenvalue weighted by Crippen LogP contribution is 2.14. The number of carbonyl (C=O) groups is 1. The lowest BCUT2D eigenvalue weighted by Crippen LogP contribution is -2.26. The lowest BCUT2D eigenvalue weighted by molar-refractivity contribution is -0.137. The lowest BCUT2D eigenvalue weighted by Gasteiger charge is -2.11. The van der Waals surface area contributed by atoms with E-state index in [0.29, 0.717) is 12.8 Å². The van der Waals surface area contributed by atoms with Crippen molar-refractivity contribution in [2.24, 2.45) is 5.92 Å². The summed E-state index contributed by atoms with van der Waals surface area (Å²) in [6, 6.07) is 5.16. The molecule has 0 radical (unpaired) electrons. The molecule has 0 amide bonds. The van der Waals surface area contributed by atoms with Crippen molar-refractivity contribution in [1.29, 1.82) is 0 Å². The fourth-order valence-corrected chi connectivity index (χ4v) is 2.82. The van der Waals surface area contributed by atoms with Crippen LogP contribution in [0, 0.1) is 11.7 Å². The number of sulfonamides is 1. The minimum absolute atomic E-state index is 0.0568. The zero-order valence-corrected chi connectivity index (χ0v) is 12.0. The Morgan fingerprint density at radius 3 is 2.60 bits per heavy atom. The first-order valence-electron chi connectivity index (χ1n) is 6.29. The highest BCUT2D eigenvalue weighted by Gasteiger charge is 2.18. The summed E-state index contributed by atoms with van der Waals surface area (Å²) in [7, 11) is -3.86. The second-order valence-corrected chi connectivity index (χ2v) is 6.39. The molecule has 0 spiro atoms. The average molecular weight is 303 g/mol. The molecule has 0 aromatic heterocycles. The van der Waals surface area contributed by atoms with Gasteiger partial charge in [-0.25, -0.2) is 17.5 Å². The lowest BCUT2D eigenvalue weighted by atomic mass is 10.0. The molecule has 20 heavy (non-hydrogen) atoms. The van der Waals surface area contributed by atoms with Gasteiger partial charge in [0.1, 0.15) is 10.7 Å². The third-order valence-corrected chi connectivity index (χ3v) is 4.40. The van der Waals surface area contributed by atoms with Crippen LogP contribution < -0.4 is 4.72 Å². The van der Waals surface area contributed by atoms with Crippen LogP contribution >= 0.6 is 0 Å². The number of carboxylic acids is 1. The average Bonchev–Trinajstić information content (AvgIpc) is 2.36. The Bertz CT molecular complexity index is 559. The standard InChI is InChI=1S/C13H18FNO4S/c1-10(6-7-13(16)17)8-9-15-20(18,19)12-5-3-2-4-11(12)14/h2-5,10,15H,6-9H2,1H3,(H,16,17). The van der Waals surface area contributed by atoms with E-state index in [0.717, 1.165) is 6.07 Å². The van der Waals surface area contributed by atoms with E-state index in [9.17, 15) is 17.6 Å². The van der Waals surface area contributed by atoms with Gasteiger partial charge in [0.05, 0.1) is 0 Å². The number of rotatable bonds is 8. The Morgan fingerprint density at radius 1 is 1.35 bits per heavy atom. The Labute approximate surface area is 117 Å². The predicted octanol–water partition coefficient (Wildman–Crippen LogP) is 2.00. The zero-order chi connectivity index (χ0) is 15.2. The highest BCUT2D eigenvalue weighted by molar-refractivity contribution is 7.89. The van der Waals surface area contributed by atoms with E-state index in [1.165, 1.54) is 18.2 Å². The maximum Gasteiger partial charge on any atom is 0.303 e. The van der Waals surface area contributed by atoms with Crippen molar-refractivity contribution in [2.45, 2.75) is 31.1 Å².